The molecule has 0 radical (unpaired) electrons. The van der Waals surface area contributed by atoms with Gasteiger partial charge < -0.3 is 4.74 Å². The SMILES string of the molecule is CCN1C(=O)c2cc(OC)c3ccccc3c2C1=O. The van der Waals surface area contributed by atoms with E-state index in [9.17, 15) is 9.59 Å². The molecule has 96 valence electrons. The molecule has 0 aromatic heterocycles. The van der Waals surface area contributed by atoms with E-state index < -0.39 is 0 Å². The minimum atomic E-state index is -0.244. The van der Waals surface area contributed by atoms with Crippen LogP contribution in [0.3, 0.4) is 0 Å². The molecule has 19 heavy (non-hydrogen) atoms. The number of ether oxygens (including phenoxy) is 1. The number of amides is 2. The number of hydrogen-bond acceptors (Lipinski definition) is 3. The maximum Gasteiger partial charge on any atom is 0.262 e. The summed E-state index contributed by atoms with van der Waals surface area (Å²) in [6, 6.07) is 9.14. The molecule has 2 aromatic carbocycles. The van der Waals surface area contributed by atoms with Gasteiger partial charge in [0, 0.05) is 11.9 Å². The third kappa shape index (κ3) is 1.46. The van der Waals surface area contributed by atoms with Crippen molar-refractivity contribution in [2.24, 2.45) is 0 Å². The van der Waals surface area contributed by atoms with Crippen LogP contribution in [0.1, 0.15) is 27.6 Å². The molecule has 3 rings (SSSR count). The Balaban J connectivity index is 2.40. The lowest BCUT2D eigenvalue weighted by Crippen LogP contribution is -2.29. The van der Waals surface area contributed by atoms with E-state index in [-0.39, 0.29) is 11.8 Å². The first-order valence-electron chi connectivity index (χ1n) is 6.15. The zero-order valence-corrected chi connectivity index (χ0v) is 10.8. The second-order valence-corrected chi connectivity index (χ2v) is 4.40. The molecule has 2 aromatic rings. The Kier molecular flexibility index (Phi) is 2.52. The lowest BCUT2D eigenvalue weighted by Gasteiger charge is -2.09. The third-order valence-electron chi connectivity index (χ3n) is 3.48. The Hall–Kier alpha value is -2.36. The number of imide groups is 1. The number of carbonyl (C=O) groups excluding carboxylic acids is 2. The minimum Gasteiger partial charge on any atom is -0.496 e. The van der Waals surface area contributed by atoms with Gasteiger partial charge in [-0.25, -0.2) is 0 Å². The van der Waals surface area contributed by atoms with Crippen molar-refractivity contribution in [3.8, 4) is 5.75 Å². The average molecular weight is 255 g/mol. The number of fused-ring (bicyclic) bond motifs is 3. The van der Waals surface area contributed by atoms with Crippen LogP contribution in [-0.4, -0.2) is 30.4 Å². The maximum absolute atomic E-state index is 12.3. The Bertz CT molecular complexity index is 706. The predicted molar refractivity (Wildman–Crippen MR) is 71.5 cm³/mol. The standard InChI is InChI=1S/C15H13NO3/c1-3-16-14(17)11-8-12(19-2)9-6-4-5-7-10(9)13(11)15(16)18/h4-8H,3H2,1-2H3. The van der Waals surface area contributed by atoms with Gasteiger partial charge >= 0.3 is 0 Å². The molecule has 0 bridgehead atoms. The van der Waals surface area contributed by atoms with Crippen LogP contribution in [0.2, 0.25) is 0 Å². The van der Waals surface area contributed by atoms with E-state index >= 15 is 0 Å². The van der Waals surface area contributed by atoms with Crippen molar-refractivity contribution >= 4 is 22.6 Å². The van der Waals surface area contributed by atoms with Gasteiger partial charge in [-0.15, -0.1) is 0 Å². The molecule has 0 N–H and O–H groups in total. The van der Waals surface area contributed by atoms with Gasteiger partial charge in [0.1, 0.15) is 5.75 Å². The van der Waals surface area contributed by atoms with Gasteiger partial charge in [-0.2, -0.15) is 0 Å². The van der Waals surface area contributed by atoms with Crippen LogP contribution in [0.5, 0.6) is 5.75 Å². The summed E-state index contributed by atoms with van der Waals surface area (Å²) in [5.41, 5.74) is 0.922. The summed E-state index contributed by atoms with van der Waals surface area (Å²) >= 11 is 0. The number of carbonyl (C=O) groups is 2. The first kappa shape index (κ1) is 11.7. The van der Waals surface area contributed by atoms with Crippen LogP contribution in [0.15, 0.2) is 30.3 Å². The summed E-state index contributed by atoms with van der Waals surface area (Å²) < 4.78 is 5.32. The second kappa shape index (κ2) is 4.09. The summed E-state index contributed by atoms with van der Waals surface area (Å²) in [5.74, 6) is 0.154. The average Bonchev–Trinajstić information content (AvgIpc) is 2.69. The van der Waals surface area contributed by atoms with E-state index in [1.165, 1.54) is 4.90 Å². The fraction of sp³-hybridized carbons (Fsp3) is 0.200. The first-order chi connectivity index (χ1) is 9.19. The van der Waals surface area contributed by atoms with Crippen LogP contribution in [0.4, 0.5) is 0 Å². The van der Waals surface area contributed by atoms with Gasteiger partial charge in [0.2, 0.25) is 0 Å². The Morgan fingerprint density at radius 2 is 1.79 bits per heavy atom. The summed E-state index contributed by atoms with van der Waals surface area (Å²) in [6.45, 7) is 2.17. The van der Waals surface area contributed by atoms with Crippen molar-refractivity contribution in [2.45, 2.75) is 6.92 Å². The van der Waals surface area contributed by atoms with Gasteiger partial charge in [-0.3, -0.25) is 14.5 Å². The fourth-order valence-electron chi connectivity index (χ4n) is 2.57. The molecule has 0 saturated carbocycles. The second-order valence-electron chi connectivity index (χ2n) is 4.40. The highest BCUT2D eigenvalue weighted by Crippen LogP contribution is 2.36. The van der Waals surface area contributed by atoms with Gasteiger partial charge in [-0.1, -0.05) is 24.3 Å². The van der Waals surface area contributed by atoms with Crippen molar-refractivity contribution in [1.82, 2.24) is 4.90 Å². The molecule has 0 unspecified atom stereocenters. The van der Waals surface area contributed by atoms with Crippen LogP contribution < -0.4 is 4.74 Å². The molecular weight excluding hydrogens is 242 g/mol. The number of benzene rings is 2. The van der Waals surface area contributed by atoms with E-state index in [1.54, 1.807) is 20.1 Å². The number of methoxy groups -OCH3 is 1. The molecule has 2 amide bonds. The monoisotopic (exact) mass is 255 g/mol. The molecular formula is C15H13NO3. The molecule has 4 heteroatoms. The smallest absolute Gasteiger partial charge is 0.262 e. The van der Waals surface area contributed by atoms with Crippen LogP contribution in [-0.2, 0) is 0 Å². The molecule has 1 heterocycles. The highest BCUT2D eigenvalue weighted by atomic mass is 16.5. The molecule has 0 spiro atoms. The predicted octanol–water partition coefficient (Wildman–Crippen LogP) is 2.46. The Labute approximate surface area is 110 Å². The summed E-state index contributed by atoms with van der Waals surface area (Å²) in [5, 5.41) is 1.62. The summed E-state index contributed by atoms with van der Waals surface area (Å²) in [6.07, 6.45) is 0. The third-order valence-corrected chi connectivity index (χ3v) is 3.48. The topological polar surface area (TPSA) is 46.6 Å². The minimum absolute atomic E-state index is 0.221. The highest BCUT2D eigenvalue weighted by Gasteiger charge is 2.36. The van der Waals surface area contributed by atoms with Crippen LogP contribution in [0, 0.1) is 0 Å². The maximum atomic E-state index is 12.3. The fourth-order valence-corrected chi connectivity index (χ4v) is 2.57. The number of hydrogen-bond donors (Lipinski definition) is 0. The Morgan fingerprint density at radius 1 is 1.11 bits per heavy atom. The zero-order chi connectivity index (χ0) is 13.6. The molecule has 0 saturated heterocycles. The van der Waals surface area contributed by atoms with Gasteiger partial charge in [0.15, 0.2) is 0 Å². The number of rotatable bonds is 2. The van der Waals surface area contributed by atoms with E-state index in [0.717, 1.165) is 10.8 Å². The van der Waals surface area contributed by atoms with E-state index in [1.807, 2.05) is 24.3 Å². The molecule has 4 nitrogen and oxygen atoms in total. The van der Waals surface area contributed by atoms with Crippen molar-refractivity contribution in [2.75, 3.05) is 13.7 Å². The summed E-state index contributed by atoms with van der Waals surface area (Å²) in [7, 11) is 1.56. The first-order valence-corrected chi connectivity index (χ1v) is 6.15. The highest BCUT2D eigenvalue weighted by molar-refractivity contribution is 6.27. The van der Waals surface area contributed by atoms with Crippen LogP contribution >= 0.6 is 0 Å². The van der Waals surface area contributed by atoms with E-state index in [0.29, 0.717) is 23.4 Å². The molecule has 1 aliphatic heterocycles. The molecule has 0 aliphatic carbocycles. The van der Waals surface area contributed by atoms with Gasteiger partial charge in [0.05, 0.1) is 18.2 Å². The molecule has 0 fully saturated rings. The quantitative estimate of drug-likeness (QED) is 0.774. The lowest BCUT2D eigenvalue weighted by atomic mass is 9.99. The van der Waals surface area contributed by atoms with Crippen LogP contribution in [0.25, 0.3) is 10.8 Å². The van der Waals surface area contributed by atoms with E-state index in [2.05, 4.69) is 0 Å². The van der Waals surface area contributed by atoms with Crippen molar-refractivity contribution in [3.05, 3.63) is 41.5 Å². The van der Waals surface area contributed by atoms with E-state index in [4.69, 9.17) is 4.74 Å². The Morgan fingerprint density at radius 3 is 2.42 bits per heavy atom. The zero-order valence-electron chi connectivity index (χ0n) is 10.8. The van der Waals surface area contributed by atoms with Gasteiger partial charge in [-0.05, 0) is 18.4 Å². The van der Waals surface area contributed by atoms with Crippen molar-refractivity contribution < 1.29 is 14.3 Å². The largest absolute Gasteiger partial charge is 0.496 e. The molecule has 0 atom stereocenters. The number of nitrogens with zero attached hydrogens (tertiary/aromatic N) is 1. The normalized spacial score (nSPS) is 14.1. The summed E-state index contributed by atoms with van der Waals surface area (Å²) in [4.78, 5) is 25.8. The van der Waals surface area contributed by atoms with Crippen molar-refractivity contribution in [1.29, 1.82) is 0 Å². The lowest BCUT2D eigenvalue weighted by molar-refractivity contribution is 0.0663. The molecule has 1 aliphatic rings. The van der Waals surface area contributed by atoms with Gasteiger partial charge in [0.25, 0.3) is 11.8 Å². The van der Waals surface area contributed by atoms with Crippen molar-refractivity contribution in [3.63, 3.8) is 0 Å².